The second-order valence-electron chi connectivity index (χ2n) is 4.97. The second-order valence-corrected chi connectivity index (χ2v) is 4.97. The monoisotopic (exact) mass is 376 g/mol. The number of hydrogen-bond acceptors (Lipinski definition) is 0. The summed E-state index contributed by atoms with van der Waals surface area (Å²) >= 11 is 0. The van der Waals surface area contributed by atoms with E-state index in [1.807, 2.05) is 0 Å². The average molecular weight is 376 g/mol. The molecule has 140 valence electrons. The minimum Gasteiger partial charge on any atom is -0.227 e. The van der Waals surface area contributed by atoms with Gasteiger partial charge in [-0.3, -0.25) is 0 Å². The zero-order valence-corrected chi connectivity index (χ0v) is 11.0. The van der Waals surface area contributed by atoms with Crippen LogP contribution in [0.3, 0.4) is 0 Å². The van der Waals surface area contributed by atoms with Crippen LogP contribution in [-0.2, 0) is 0 Å². The molecule has 2 unspecified atom stereocenters. The van der Waals surface area contributed by atoms with Crippen LogP contribution in [0.2, 0.25) is 0 Å². The van der Waals surface area contributed by atoms with Gasteiger partial charge in [0.2, 0.25) is 0 Å². The van der Waals surface area contributed by atoms with Crippen molar-refractivity contribution in [2.75, 3.05) is 0 Å². The lowest BCUT2D eigenvalue weighted by Gasteiger charge is -2.34. The van der Waals surface area contributed by atoms with E-state index >= 15 is 0 Å². The summed E-state index contributed by atoms with van der Waals surface area (Å²) in [6.07, 6.45) is -29.3. The van der Waals surface area contributed by atoms with Crippen molar-refractivity contribution in [1.29, 1.82) is 0 Å². The van der Waals surface area contributed by atoms with Crippen LogP contribution in [0.25, 0.3) is 0 Å². The third kappa shape index (κ3) is 4.34. The van der Waals surface area contributed by atoms with Gasteiger partial charge in [-0.1, -0.05) is 6.92 Å². The van der Waals surface area contributed by atoms with Gasteiger partial charge in [-0.25, -0.2) is 17.6 Å². The van der Waals surface area contributed by atoms with E-state index < -0.39 is 55.1 Å². The fourth-order valence-corrected chi connectivity index (χ4v) is 1.78. The SMILES string of the molecule is CC(CC(F)(C(F)F)C(F)(F)F)CC(F)(C(F)(F)F)C(F)(F)F. The number of rotatable bonds is 5. The molecule has 0 aliphatic rings. The average Bonchev–Trinajstić information content (AvgIpc) is 2.23. The lowest BCUT2D eigenvalue weighted by atomic mass is 9.84. The first-order chi connectivity index (χ1) is 9.79. The van der Waals surface area contributed by atoms with Crippen LogP contribution in [0.5, 0.6) is 0 Å². The number of alkyl halides is 13. The van der Waals surface area contributed by atoms with Gasteiger partial charge in [0.25, 0.3) is 17.8 Å². The maximum Gasteiger partial charge on any atom is 0.431 e. The second kappa shape index (κ2) is 6.19. The molecular weight excluding hydrogens is 367 g/mol. The molecule has 0 N–H and O–H groups in total. The van der Waals surface area contributed by atoms with Crippen molar-refractivity contribution in [3.05, 3.63) is 0 Å². The fourth-order valence-electron chi connectivity index (χ4n) is 1.78. The molecule has 0 amide bonds. The van der Waals surface area contributed by atoms with E-state index in [2.05, 4.69) is 0 Å². The van der Waals surface area contributed by atoms with Gasteiger partial charge in [0.15, 0.2) is 0 Å². The first kappa shape index (κ1) is 22.1. The van der Waals surface area contributed by atoms with Crippen LogP contribution in [0.1, 0.15) is 19.8 Å². The summed E-state index contributed by atoms with van der Waals surface area (Å²) < 4.78 is 161. The van der Waals surface area contributed by atoms with Crippen LogP contribution in [0.15, 0.2) is 0 Å². The van der Waals surface area contributed by atoms with Crippen molar-refractivity contribution in [3.63, 3.8) is 0 Å². The minimum atomic E-state index is -6.57. The quantitative estimate of drug-likeness (QED) is 0.535. The topological polar surface area (TPSA) is 0 Å². The minimum absolute atomic E-state index is 0.175. The van der Waals surface area contributed by atoms with Crippen molar-refractivity contribution >= 4 is 0 Å². The van der Waals surface area contributed by atoms with Gasteiger partial charge < -0.3 is 0 Å². The standard InChI is InChI=1S/C10H9F13/c1-4(2-6(13,5(11)12)8(15,16)17)3-7(14,9(18,19)20)10(21,22)23/h4-5H,2-3H2,1H3. The predicted octanol–water partition coefficient (Wildman–Crippen LogP) is 5.77. The Hall–Kier alpha value is -0.910. The molecule has 0 saturated carbocycles. The van der Waals surface area contributed by atoms with E-state index in [-0.39, 0.29) is 6.92 Å². The van der Waals surface area contributed by atoms with E-state index in [1.165, 1.54) is 0 Å². The maximum absolute atomic E-state index is 13.3. The molecule has 2 atom stereocenters. The summed E-state index contributed by atoms with van der Waals surface area (Å²) in [7, 11) is 0. The molecule has 0 aromatic rings. The van der Waals surface area contributed by atoms with Crippen molar-refractivity contribution in [3.8, 4) is 0 Å². The van der Waals surface area contributed by atoms with Crippen LogP contribution in [-0.4, -0.2) is 36.3 Å². The lowest BCUT2D eigenvalue weighted by molar-refractivity contribution is -0.347. The Kier molecular flexibility index (Phi) is 5.94. The highest BCUT2D eigenvalue weighted by Gasteiger charge is 2.73. The highest BCUT2D eigenvalue weighted by Crippen LogP contribution is 2.52. The number of hydrogen-bond donors (Lipinski definition) is 0. The van der Waals surface area contributed by atoms with Crippen LogP contribution in [0.4, 0.5) is 57.1 Å². The molecular formula is C10H9F13. The van der Waals surface area contributed by atoms with Gasteiger partial charge in [-0.05, 0) is 12.3 Å². The molecule has 0 nitrogen and oxygen atoms in total. The molecule has 0 saturated heterocycles. The van der Waals surface area contributed by atoms with Crippen LogP contribution < -0.4 is 0 Å². The Bertz CT molecular complexity index is 375. The fraction of sp³-hybridized carbons (Fsp3) is 1.00. The van der Waals surface area contributed by atoms with Crippen molar-refractivity contribution < 1.29 is 57.1 Å². The molecule has 0 aromatic heterocycles. The summed E-state index contributed by atoms with van der Waals surface area (Å²) in [6.45, 7) is 0.175. The first-order valence-corrected chi connectivity index (χ1v) is 5.65. The highest BCUT2D eigenvalue weighted by atomic mass is 19.4. The Labute approximate surface area is 120 Å². The van der Waals surface area contributed by atoms with E-state index in [9.17, 15) is 57.1 Å². The Balaban J connectivity index is 5.52. The zero-order valence-electron chi connectivity index (χ0n) is 11.0. The lowest BCUT2D eigenvalue weighted by Crippen LogP contribution is -2.55. The molecule has 0 fully saturated rings. The summed E-state index contributed by atoms with van der Waals surface area (Å²) in [5, 5.41) is 0. The van der Waals surface area contributed by atoms with Gasteiger partial charge in [0.05, 0.1) is 0 Å². The predicted molar refractivity (Wildman–Crippen MR) is 50.2 cm³/mol. The van der Waals surface area contributed by atoms with Crippen LogP contribution in [0, 0.1) is 5.92 Å². The first-order valence-electron chi connectivity index (χ1n) is 5.65. The summed E-state index contributed by atoms with van der Waals surface area (Å²) in [6, 6.07) is 0. The smallest absolute Gasteiger partial charge is 0.227 e. The van der Waals surface area contributed by atoms with Crippen molar-refractivity contribution in [2.45, 2.75) is 56.1 Å². The Morgan fingerprint density at radius 1 is 0.609 bits per heavy atom. The molecule has 0 bridgehead atoms. The molecule has 0 aliphatic heterocycles. The molecule has 23 heavy (non-hydrogen) atoms. The molecule has 0 aromatic carbocycles. The van der Waals surface area contributed by atoms with E-state index in [4.69, 9.17) is 0 Å². The van der Waals surface area contributed by atoms with E-state index in [1.54, 1.807) is 0 Å². The summed E-state index contributed by atoms with van der Waals surface area (Å²) in [4.78, 5) is 0. The largest absolute Gasteiger partial charge is 0.431 e. The molecule has 0 radical (unpaired) electrons. The maximum atomic E-state index is 13.3. The summed E-state index contributed by atoms with van der Waals surface area (Å²) in [5.41, 5.74) is -11.3. The summed E-state index contributed by atoms with van der Waals surface area (Å²) in [5.74, 6) is -2.65. The third-order valence-corrected chi connectivity index (χ3v) is 2.99. The Morgan fingerprint density at radius 2 is 0.957 bits per heavy atom. The van der Waals surface area contributed by atoms with E-state index in [0.29, 0.717) is 0 Å². The van der Waals surface area contributed by atoms with E-state index in [0.717, 1.165) is 0 Å². The molecule has 0 heterocycles. The van der Waals surface area contributed by atoms with Gasteiger partial charge in [-0.2, -0.15) is 39.5 Å². The van der Waals surface area contributed by atoms with Gasteiger partial charge >= 0.3 is 18.5 Å². The molecule has 0 rings (SSSR count). The van der Waals surface area contributed by atoms with Crippen molar-refractivity contribution in [2.24, 2.45) is 5.92 Å². The Morgan fingerprint density at radius 3 is 1.17 bits per heavy atom. The van der Waals surface area contributed by atoms with Crippen molar-refractivity contribution in [1.82, 2.24) is 0 Å². The molecule has 0 aliphatic carbocycles. The highest BCUT2D eigenvalue weighted by molar-refractivity contribution is 4.98. The normalized spacial score (nSPS) is 18.9. The number of halogens is 13. The van der Waals surface area contributed by atoms with Gasteiger partial charge in [0, 0.05) is 6.42 Å². The zero-order chi connectivity index (χ0) is 19.1. The van der Waals surface area contributed by atoms with Gasteiger partial charge in [-0.15, -0.1) is 0 Å². The molecule has 13 heteroatoms. The van der Waals surface area contributed by atoms with Gasteiger partial charge in [0.1, 0.15) is 0 Å². The third-order valence-electron chi connectivity index (χ3n) is 2.99. The molecule has 0 spiro atoms. The van der Waals surface area contributed by atoms with Crippen LogP contribution >= 0.6 is 0 Å².